The maximum atomic E-state index is 9.02. The Bertz CT molecular complexity index is 433. The summed E-state index contributed by atoms with van der Waals surface area (Å²) in [5.74, 6) is 0.560. The van der Waals surface area contributed by atoms with Crippen molar-refractivity contribution in [2.24, 2.45) is 5.92 Å². The average molecular weight is 247 g/mol. The first-order chi connectivity index (χ1) is 8.81. The largest absolute Gasteiger partial charge is 0.396 e. The van der Waals surface area contributed by atoms with Crippen LogP contribution in [-0.2, 0) is 4.74 Å². The van der Waals surface area contributed by atoms with E-state index in [1.54, 1.807) is 0 Å². The number of rotatable bonds is 3. The first-order valence-corrected chi connectivity index (χ1v) is 6.90. The molecule has 0 aromatic heterocycles. The van der Waals surface area contributed by atoms with Gasteiger partial charge in [0.05, 0.1) is 6.10 Å². The highest BCUT2D eigenvalue weighted by molar-refractivity contribution is 5.59. The topological polar surface area (TPSA) is 41.5 Å². The molecule has 0 aliphatic carbocycles. The fourth-order valence-electron chi connectivity index (χ4n) is 3.40. The third kappa shape index (κ3) is 1.91. The highest BCUT2D eigenvalue weighted by Crippen LogP contribution is 2.46. The monoisotopic (exact) mass is 247 g/mol. The van der Waals surface area contributed by atoms with Gasteiger partial charge in [-0.25, -0.2) is 0 Å². The van der Waals surface area contributed by atoms with Crippen LogP contribution >= 0.6 is 0 Å². The minimum atomic E-state index is 0.256. The summed E-state index contributed by atoms with van der Waals surface area (Å²) in [5.41, 5.74) is 3.89. The van der Waals surface area contributed by atoms with E-state index in [9.17, 15) is 0 Å². The minimum Gasteiger partial charge on any atom is -0.396 e. The molecular formula is C15H21NO2. The van der Waals surface area contributed by atoms with E-state index in [1.165, 1.54) is 16.8 Å². The van der Waals surface area contributed by atoms with Gasteiger partial charge in [-0.3, -0.25) is 0 Å². The molecule has 2 heterocycles. The maximum Gasteiger partial charge on any atom is 0.0895 e. The summed E-state index contributed by atoms with van der Waals surface area (Å²) in [7, 11) is 0. The van der Waals surface area contributed by atoms with Gasteiger partial charge in [0.2, 0.25) is 0 Å². The van der Waals surface area contributed by atoms with Crippen molar-refractivity contribution in [2.45, 2.75) is 38.3 Å². The number of anilines is 1. The first-order valence-electron chi connectivity index (χ1n) is 6.90. The Kier molecular flexibility index (Phi) is 3.27. The van der Waals surface area contributed by atoms with Crippen molar-refractivity contribution >= 4 is 5.69 Å². The van der Waals surface area contributed by atoms with Crippen molar-refractivity contribution in [3.8, 4) is 0 Å². The molecule has 1 fully saturated rings. The van der Waals surface area contributed by atoms with Gasteiger partial charge in [0.1, 0.15) is 0 Å². The zero-order chi connectivity index (χ0) is 12.5. The molecule has 0 spiro atoms. The number of aliphatic hydroxyl groups is 1. The molecule has 0 bridgehead atoms. The number of ether oxygens (including phenoxy) is 1. The third-order valence-electron chi connectivity index (χ3n) is 4.28. The molecule has 2 N–H and O–H groups in total. The van der Waals surface area contributed by atoms with Crippen molar-refractivity contribution in [1.29, 1.82) is 0 Å². The Morgan fingerprint density at radius 2 is 2.33 bits per heavy atom. The molecule has 0 unspecified atom stereocenters. The van der Waals surface area contributed by atoms with E-state index in [2.05, 4.69) is 30.4 Å². The second-order valence-corrected chi connectivity index (χ2v) is 5.40. The Labute approximate surface area is 108 Å². The van der Waals surface area contributed by atoms with Crippen LogP contribution < -0.4 is 5.32 Å². The lowest BCUT2D eigenvalue weighted by molar-refractivity contribution is 0.0808. The highest BCUT2D eigenvalue weighted by Gasteiger charge is 2.40. The van der Waals surface area contributed by atoms with Gasteiger partial charge < -0.3 is 15.2 Å². The first kappa shape index (κ1) is 12.0. The number of hydrogen-bond donors (Lipinski definition) is 2. The van der Waals surface area contributed by atoms with Crippen LogP contribution in [0.15, 0.2) is 18.2 Å². The lowest BCUT2D eigenvalue weighted by atomic mass is 9.81. The van der Waals surface area contributed by atoms with E-state index in [-0.39, 0.29) is 12.7 Å². The van der Waals surface area contributed by atoms with Crippen LogP contribution in [0.5, 0.6) is 0 Å². The van der Waals surface area contributed by atoms with Crippen LogP contribution in [0.2, 0.25) is 0 Å². The molecule has 0 saturated carbocycles. The molecule has 3 nitrogen and oxygen atoms in total. The fourth-order valence-corrected chi connectivity index (χ4v) is 3.40. The number of aryl methyl sites for hydroxylation is 1. The summed E-state index contributed by atoms with van der Waals surface area (Å²) >= 11 is 0. The van der Waals surface area contributed by atoms with Crippen LogP contribution in [0.25, 0.3) is 0 Å². The van der Waals surface area contributed by atoms with Crippen molar-refractivity contribution < 1.29 is 9.84 Å². The van der Waals surface area contributed by atoms with E-state index in [0.717, 1.165) is 25.9 Å². The molecule has 3 rings (SSSR count). The van der Waals surface area contributed by atoms with Gasteiger partial charge in [0.15, 0.2) is 0 Å². The second kappa shape index (κ2) is 4.90. The Balaban J connectivity index is 1.92. The predicted octanol–water partition coefficient (Wildman–Crippen LogP) is 2.64. The predicted molar refractivity (Wildman–Crippen MR) is 71.7 cm³/mol. The van der Waals surface area contributed by atoms with Gasteiger partial charge in [0, 0.05) is 36.4 Å². The summed E-state index contributed by atoms with van der Waals surface area (Å²) in [4.78, 5) is 0. The lowest BCUT2D eigenvalue weighted by Crippen LogP contribution is -2.36. The van der Waals surface area contributed by atoms with Crippen LogP contribution in [-0.4, -0.2) is 24.4 Å². The lowest BCUT2D eigenvalue weighted by Gasteiger charge is -2.37. The van der Waals surface area contributed by atoms with E-state index in [0.29, 0.717) is 12.0 Å². The molecule has 1 saturated heterocycles. The molecule has 1 aromatic rings. The summed E-state index contributed by atoms with van der Waals surface area (Å²) < 4.78 is 5.97. The normalized spacial score (nSPS) is 29.6. The van der Waals surface area contributed by atoms with E-state index < -0.39 is 0 Å². The smallest absolute Gasteiger partial charge is 0.0895 e. The zero-order valence-electron chi connectivity index (χ0n) is 10.9. The quantitative estimate of drug-likeness (QED) is 0.862. The van der Waals surface area contributed by atoms with Gasteiger partial charge >= 0.3 is 0 Å². The Hall–Kier alpha value is -1.06. The molecule has 98 valence electrons. The van der Waals surface area contributed by atoms with Gasteiger partial charge in [-0.05, 0) is 37.8 Å². The standard InChI is InChI=1S/C15H21NO2/c1-10-4-2-5-13-14(10)15-11(7-9-18-15)12(16-13)6-3-8-17/h2,4-5,11-12,15-17H,3,6-9H2,1H3/t11-,12+,15-/m0/s1. The van der Waals surface area contributed by atoms with Crippen LogP contribution in [0.4, 0.5) is 5.69 Å². The number of aliphatic hydroxyl groups excluding tert-OH is 1. The van der Waals surface area contributed by atoms with Crippen molar-refractivity contribution in [1.82, 2.24) is 0 Å². The fraction of sp³-hybridized carbons (Fsp3) is 0.600. The summed E-state index contributed by atoms with van der Waals surface area (Å²) in [6.07, 6.45) is 3.27. The van der Waals surface area contributed by atoms with E-state index in [1.807, 2.05) is 0 Å². The molecule has 2 aliphatic rings. The van der Waals surface area contributed by atoms with Crippen molar-refractivity contribution in [2.75, 3.05) is 18.5 Å². The molecule has 1 aromatic carbocycles. The number of nitrogens with one attached hydrogen (secondary N) is 1. The number of benzene rings is 1. The minimum absolute atomic E-state index is 0.256. The van der Waals surface area contributed by atoms with Gasteiger partial charge in [-0.2, -0.15) is 0 Å². The molecule has 3 atom stereocenters. The Morgan fingerprint density at radius 3 is 3.17 bits per heavy atom. The SMILES string of the molecule is Cc1cccc2c1[C@H]1OCC[C@H]1[C@@H](CCCO)N2. The highest BCUT2D eigenvalue weighted by atomic mass is 16.5. The number of hydrogen-bond acceptors (Lipinski definition) is 3. The molecular weight excluding hydrogens is 226 g/mol. The molecule has 0 radical (unpaired) electrons. The van der Waals surface area contributed by atoms with Crippen molar-refractivity contribution in [3.63, 3.8) is 0 Å². The summed E-state index contributed by atoms with van der Waals surface area (Å²) in [5, 5.41) is 12.7. The molecule has 18 heavy (non-hydrogen) atoms. The van der Waals surface area contributed by atoms with Gasteiger partial charge in [-0.1, -0.05) is 12.1 Å². The van der Waals surface area contributed by atoms with Gasteiger partial charge in [-0.15, -0.1) is 0 Å². The van der Waals surface area contributed by atoms with Crippen molar-refractivity contribution in [3.05, 3.63) is 29.3 Å². The van der Waals surface area contributed by atoms with E-state index in [4.69, 9.17) is 9.84 Å². The zero-order valence-corrected chi connectivity index (χ0v) is 10.9. The van der Waals surface area contributed by atoms with Crippen LogP contribution in [0, 0.1) is 12.8 Å². The third-order valence-corrected chi connectivity index (χ3v) is 4.28. The van der Waals surface area contributed by atoms with Crippen LogP contribution in [0.1, 0.15) is 36.5 Å². The second-order valence-electron chi connectivity index (χ2n) is 5.40. The molecule has 0 amide bonds. The average Bonchev–Trinajstić information content (AvgIpc) is 2.85. The molecule has 2 aliphatic heterocycles. The summed E-state index contributed by atoms with van der Waals surface area (Å²) in [6, 6.07) is 6.85. The number of fused-ring (bicyclic) bond motifs is 3. The summed E-state index contributed by atoms with van der Waals surface area (Å²) in [6.45, 7) is 3.30. The van der Waals surface area contributed by atoms with E-state index >= 15 is 0 Å². The Morgan fingerprint density at radius 1 is 1.44 bits per heavy atom. The molecule has 3 heteroatoms. The maximum absolute atomic E-state index is 9.02. The van der Waals surface area contributed by atoms with Gasteiger partial charge in [0.25, 0.3) is 0 Å². The van der Waals surface area contributed by atoms with Crippen LogP contribution in [0.3, 0.4) is 0 Å².